The number of hydrogen-bond donors (Lipinski definition) is 0. The summed E-state index contributed by atoms with van der Waals surface area (Å²) < 4.78 is 0. The molecule has 0 radical (unpaired) electrons. The minimum absolute atomic E-state index is 0.932. The zero-order valence-electron chi connectivity index (χ0n) is 19.6. The van der Waals surface area contributed by atoms with Crippen LogP contribution in [0.5, 0.6) is 0 Å². The fourth-order valence-electron chi connectivity index (χ4n) is 3.34. The van der Waals surface area contributed by atoms with Gasteiger partial charge in [-0.15, -0.1) is 0 Å². The highest BCUT2D eigenvalue weighted by atomic mass is 15.2. The van der Waals surface area contributed by atoms with Crippen molar-refractivity contribution >= 4 is 0 Å². The summed E-state index contributed by atoms with van der Waals surface area (Å²) in [7, 11) is 4.34. The number of unbranched alkanes of at least 4 members (excludes halogenated alkanes) is 1. The summed E-state index contributed by atoms with van der Waals surface area (Å²) in [5.74, 6) is 0.932. The van der Waals surface area contributed by atoms with Crippen LogP contribution in [-0.2, 0) is 13.0 Å². The number of benzene rings is 1. The topological polar surface area (TPSA) is 6.48 Å². The summed E-state index contributed by atoms with van der Waals surface area (Å²) >= 11 is 0. The van der Waals surface area contributed by atoms with Crippen LogP contribution in [0.3, 0.4) is 0 Å². The standard InChI is InChI=1S/C19H32N2.C4H10.C2H6/c1-4-17-10-7-11-19(14-17)16-21(13-12-20(2)3)15-18-8-5-6-9-18;1-3-4-2;1-2/h7,10-11,14,18H,4-6,8-9,12-13,15-16H2,1-3H3;3-4H2,1-2H3;1-2H3. The summed E-state index contributed by atoms with van der Waals surface area (Å²) in [5.41, 5.74) is 2.94. The molecular formula is C25H48N2. The molecule has 2 rings (SSSR count). The highest BCUT2D eigenvalue weighted by molar-refractivity contribution is 5.23. The van der Waals surface area contributed by atoms with Gasteiger partial charge in [-0.25, -0.2) is 0 Å². The Morgan fingerprint density at radius 2 is 1.48 bits per heavy atom. The van der Waals surface area contributed by atoms with E-state index in [-0.39, 0.29) is 0 Å². The van der Waals surface area contributed by atoms with E-state index in [2.05, 4.69) is 68.9 Å². The molecule has 0 N–H and O–H groups in total. The molecule has 0 unspecified atom stereocenters. The monoisotopic (exact) mass is 376 g/mol. The van der Waals surface area contributed by atoms with E-state index in [0.29, 0.717) is 0 Å². The van der Waals surface area contributed by atoms with Gasteiger partial charge in [0.05, 0.1) is 0 Å². The molecule has 1 aliphatic carbocycles. The Kier molecular flexibility index (Phi) is 16.7. The third kappa shape index (κ3) is 13.0. The molecule has 2 heteroatoms. The molecule has 0 spiro atoms. The molecule has 0 amide bonds. The van der Waals surface area contributed by atoms with Crippen LogP contribution >= 0.6 is 0 Å². The predicted molar refractivity (Wildman–Crippen MR) is 124 cm³/mol. The SMILES string of the molecule is CC.CCCC.CCc1cccc(CN(CCN(C)C)CC2CCCC2)c1. The van der Waals surface area contributed by atoms with Gasteiger partial charge in [0, 0.05) is 26.2 Å². The molecule has 0 heterocycles. The van der Waals surface area contributed by atoms with Crippen LogP contribution in [0.15, 0.2) is 24.3 Å². The smallest absolute Gasteiger partial charge is 0.0234 e. The second-order valence-corrected chi connectivity index (χ2v) is 7.86. The van der Waals surface area contributed by atoms with Crippen molar-refractivity contribution in [1.29, 1.82) is 0 Å². The maximum atomic E-state index is 2.67. The van der Waals surface area contributed by atoms with Crippen molar-refractivity contribution in [3.05, 3.63) is 35.4 Å². The summed E-state index contributed by atoms with van der Waals surface area (Å²) in [5, 5.41) is 0. The van der Waals surface area contributed by atoms with Crippen LogP contribution in [0.1, 0.15) is 84.3 Å². The van der Waals surface area contributed by atoms with Crippen molar-refractivity contribution < 1.29 is 0 Å². The number of hydrogen-bond acceptors (Lipinski definition) is 2. The first kappa shape index (κ1) is 26.1. The minimum Gasteiger partial charge on any atom is -0.308 e. The first-order valence-electron chi connectivity index (χ1n) is 11.5. The summed E-state index contributed by atoms with van der Waals surface area (Å²) in [4.78, 5) is 4.97. The van der Waals surface area contributed by atoms with Crippen LogP contribution in [0, 0.1) is 5.92 Å². The van der Waals surface area contributed by atoms with Crippen molar-refractivity contribution in [1.82, 2.24) is 9.80 Å². The zero-order chi connectivity index (χ0) is 20.5. The highest BCUT2D eigenvalue weighted by Gasteiger charge is 2.18. The second-order valence-electron chi connectivity index (χ2n) is 7.86. The Balaban J connectivity index is 0.000000998. The highest BCUT2D eigenvalue weighted by Crippen LogP contribution is 2.26. The first-order valence-corrected chi connectivity index (χ1v) is 11.5. The quantitative estimate of drug-likeness (QED) is 0.477. The van der Waals surface area contributed by atoms with Crippen LogP contribution in [0.25, 0.3) is 0 Å². The van der Waals surface area contributed by atoms with E-state index in [1.807, 2.05) is 13.8 Å². The van der Waals surface area contributed by atoms with Crippen molar-refractivity contribution in [2.75, 3.05) is 33.7 Å². The largest absolute Gasteiger partial charge is 0.308 e. The summed E-state index contributed by atoms with van der Waals surface area (Å²) in [6.07, 6.45) is 9.53. The molecule has 0 bridgehead atoms. The van der Waals surface area contributed by atoms with Crippen molar-refractivity contribution in [2.24, 2.45) is 5.92 Å². The van der Waals surface area contributed by atoms with E-state index in [1.54, 1.807) is 0 Å². The van der Waals surface area contributed by atoms with Crippen LogP contribution < -0.4 is 0 Å². The van der Waals surface area contributed by atoms with Crippen LogP contribution in [0.4, 0.5) is 0 Å². The van der Waals surface area contributed by atoms with Gasteiger partial charge in [-0.05, 0) is 50.4 Å². The number of rotatable bonds is 9. The Morgan fingerprint density at radius 3 is 2.00 bits per heavy atom. The molecule has 0 atom stereocenters. The third-order valence-corrected chi connectivity index (χ3v) is 5.16. The minimum atomic E-state index is 0.932. The van der Waals surface area contributed by atoms with E-state index in [1.165, 1.54) is 62.7 Å². The zero-order valence-corrected chi connectivity index (χ0v) is 19.6. The average molecular weight is 377 g/mol. The molecule has 1 aliphatic rings. The number of aryl methyl sites for hydroxylation is 1. The van der Waals surface area contributed by atoms with Gasteiger partial charge in [-0.3, -0.25) is 4.90 Å². The van der Waals surface area contributed by atoms with Crippen molar-refractivity contribution in [3.8, 4) is 0 Å². The average Bonchev–Trinajstić information content (AvgIpc) is 3.21. The molecule has 27 heavy (non-hydrogen) atoms. The molecule has 1 aromatic carbocycles. The van der Waals surface area contributed by atoms with Crippen LogP contribution in [-0.4, -0.2) is 43.5 Å². The number of likely N-dealkylation sites (N-methyl/N-ethyl adjacent to an activating group) is 1. The van der Waals surface area contributed by atoms with Crippen LogP contribution in [0.2, 0.25) is 0 Å². The van der Waals surface area contributed by atoms with Gasteiger partial charge in [-0.1, -0.05) is 84.6 Å². The molecule has 1 aromatic rings. The lowest BCUT2D eigenvalue weighted by Gasteiger charge is -2.27. The lowest BCUT2D eigenvalue weighted by Crippen LogP contribution is -2.34. The molecule has 158 valence electrons. The Bertz CT molecular complexity index is 434. The summed E-state index contributed by atoms with van der Waals surface area (Å²) in [6.45, 7) is 15.3. The lowest BCUT2D eigenvalue weighted by atomic mass is 10.1. The van der Waals surface area contributed by atoms with Gasteiger partial charge in [0.25, 0.3) is 0 Å². The summed E-state index contributed by atoms with van der Waals surface area (Å²) in [6, 6.07) is 9.13. The molecule has 0 saturated heterocycles. The normalized spacial score (nSPS) is 14.0. The van der Waals surface area contributed by atoms with E-state index >= 15 is 0 Å². The fraction of sp³-hybridized carbons (Fsp3) is 0.760. The van der Waals surface area contributed by atoms with Gasteiger partial charge >= 0.3 is 0 Å². The van der Waals surface area contributed by atoms with Crippen molar-refractivity contribution in [3.63, 3.8) is 0 Å². The Hall–Kier alpha value is -0.860. The van der Waals surface area contributed by atoms with Gasteiger partial charge < -0.3 is 4.90 Å². The molecule has 0 aliphatic heterocycles. The van der Waals surface area contributed by atoms with Gasteiger partial charge in [0.1, 0.15) is 0 Å². The van der Waals surface area contributed by atoms with Gasteiger partial charge in [0.15, 0.2) is 0 Å². The maximum Gasteiger partial charge on any atom is 0.0234 e. The number of nitrogens with zero attached hydrogens (tertiary/aromatic N) is 2. The molecule has 1 fully saturated rings. The van der Waals surface area contributed by atoms with E-state index in [0.717, 1.165) is 25.4 Å². The van der Waals surface area contributed by atoms with E-state index < -0.39 is 0 Å². The third-order valence-electron chi connectivity index (χ3n) is 5.16. The molecule has 2 nitrogen and oxygen atoms in total. The van der Waals surface area contributed by atoms with E-state index in [4.69, 9.17) is 0 Å². The fourth-order valence-corrected chi connectivity index (χ4v) is 3.34. The first-order chi connectivity index (χ1) is 13.1. The maximum absolute atomic E-state index is 2.67. The van der Waals surface area contributed by atoms with E-state index in [9.17, 15) is 0 Å². The van der Waals surface area contributed by atoms with Gasteiger partial charge in [-0.2, -0.15) is 0 Å². The van der Waals surface area contributed by atoms with Gasteiger partial charge in [0.2, 0.25) is 0 Å². The second kappa shape index (κ2) is 17.3. The van der Waals surface area contributed by atoms with Crippen molar-refractivity contribution in [2.45, 2.75) is 86.1 Å². The molecular weight excluding hydrogens is 328 g/mol. The Morgan fingerprint density at radius 1 is 0.889 bits per heavy atom. The molecule has 1 saturated carbocycles. The Labute approximate surface area is 171 Å². The molecule has 0 aromatic heterocycles. The predicted octanol–water partition coefficient (Wildman–Crippen LogP) is 6.64. The lowest BCUT2D eigenvalue weighted by molar-refractivity contribution is 0.202.